The monoisotopic (exact) mass is 276 g/mol. The summed E-state index contributed by atoms with van der Waals surface area (Å²) in [4.78, 5) is 18.2. The third-order valence-electron chi connectivity index (χ3n) is 3.87. The van der Waals surface area contributed by atoms with Gasteiger partial charge in [0.15, 0.2) is 0 Å². The van der Waals surface area contributed by atoms with Crippen molar-refractivity contribution in [2.75, 3.05) is 13.1 Å². The smallest absolute Gasteiger partial charge is 0.222 e. The molecule has 1 aromatic rings. The lowest BCUT2D eigenvalue weighted by Crippen LogP contribution is -2.37. The maximum Gasteiger partial charge on any atom is 0.222 e. The summed E-state index contributed by atoms with van der Waals surface area (Å²) in [6.45, 7) is 5.63. The highest BCUT2D eigenvalue weighted by Gasteiger charge is 2.30. The maximum atomic E-state index is 12.3. The van der Waals surface area contributed by atoms with Crippen LogP contribution in [0.5, 0.6) is 0 Å². The highest BCUT2D eigenvalue weighted by atomic mass is 16.3. The Hall–Kier alpha value is -1.42. The molecule has 20 heavy (non-hydrogen) atoms. The average Bonchev–Trinajstić information content (AvgIpc) is 2.54. The van der Waals surface area contributed by atoms with E-state index >= 15 is 0 Å². The first kappa shape index (κ1) is 15.0. The molecule has 0 spiro atoms. The molecule has 2 heterocycles. The zero-order valence-electron chi connectivity index (χ0n) is 12.4. The van der Waals surface area contributed by atoms with E-state index < -0.39 is 0 Å². The Kier molecular flexibility index (Phi) is 4.76. The van der Waals surface area contributed by atoms with E-state index in [1.165, 1.54) is 0 Å². The molecule has 1 atom stereocenters. The quantitative estimate of drug-likeness (QED) is 0.919. The van der Waals surface area contributed by atoms with Crippen molar-refractivity contribution in [2.24, 2.45) is 5.41 Å². The van der Waals surface area contributed by atoms with Crippen LogP contribution in [0.25, 0.3) is 0 Å². The lowest BCUT2D eigenvalue weighted by atomic mass is 9.87. The summed E-state index contributed by atoms with van der Waals surface area (Å²) in [6, 6.07) is 3.90. The zero-order chi connectivity index (χ0) is 14.6. The van der Waals surface area contributed by atoms with Gasteiger partial charge >= 0.3 is 0 Å². The number of hydrogen-bond donors (Lipinski definition) is 1. The third-order valence-corrected chi connectivity index (χ3v) is 3.87. The van der Waals surface area contributed by atoms with Gasteiger partial charge in [0.25, 0.3) is 0 Å². The van der Waals surface area contributed by atoms with E-state index in [2.05, 4.69) is 18.8 Å². The summed E-state index contributed by atoms with van der Waals surface area (Å²) in [5.74, 6) is 0.184. The van der Waals surface area contributed by atoms with E-state index in [-0.39, 0.29) is 17.4 Å². The highest BCUT2D eigenvalue weighted by Crippen LogP contribution is 2.28. The van der Waals surface area contributed by atoms with Gasteiger partial charge in [0.1, 0.15) is 0 Å². The van der Waals surface area contributed by atoms with Crippen molar-refractivity contribution in [2.45, 2.75) is 45.6 Å². The van der Waals surface area contributed by atoms with Crippen molar-refractivity contribution >= 4 is 5.91 Å². The molecule has 1 saturated heterocycles. The molecule has 2 rings (SSSR count). The van der Waals surface area contributed by atoms with E-state index in [4.69, 9.17) is 0 Å². The van der Waals surface area contributed by atoms with Crippen LogP contribution in [0, 0.1) is 5.41 Å². The number of aromatic nitrogens is 1. The highest BCUT2D eigenvalue weighted by molar-refractivity contribution is 5.76. The van der Waals surface area contributed by atoms with Crippen molar-refractivity contribution in [3.05, 3.63) is 30.1 Å². The lowest BCUT2D eigenvalue weighted by Gasteiger charge is -2.29. The number of rotatable bonds is 3. The SMILES string of the molecule is CC1(C)C[C@@H](O)CCN(C(=O)CCc2ccncc2)C1. The normalized spacial score (nSPS) is 22.4. The molecule has 1 amide bonds. The van der Waals surface area contributed by atoms with E-state index in [0.29, 0.717) is 19.4 Å². The standard InChI is InChI=1S/C16H24N2O2/c1-16(2)11-14(19)7-10-18(12-16)15(20)4-3-13-5-8-17-9-6-13/h5-6,8-9,14,19H,3-4,7,10-12H2,1-2H3/t14-/m0/s1. The van der Waals surface area contributed by atoms with Crippen LogP contribution in [-0.4, -0.2) is 40.1 Å². The number of aliphatic hydroxyl groups is 1. The Balaban J connectivity index is 1.91. The van der Waals surface area contributed by atoms with Gasteiger partial charge in [-0.2, -0.15) is 0 Å². The van der Waals surface area contributed by atoms with Crippen molar-refractivity contribution in [1.82, 2.24) is 9.88 Å². The second-order valence-corrected chi connectivity index (χ2v) is 6.48. The molecule has 0 saturated carbocycles. The molecule has 1 N–H and O–H groups in total. The van der Waals surface area contributed by atoms with Crippen molar-refractivity contribution < 1.29 is 9.90 Å². The fourth-order valence-corrected chi connectivity index (χ4v) is 2.88. The first-order valence-corrected chi connectivity index (χ1v) is 7.31. The number of carbonyl (C=O) groups excluding carboxylic acids is 1. The van der Waals surface area contributed by atoms with Gasteiger partial charge in [-0.3, -0.25) is 9.78 Å². The minimum atomic E-state index is -0.289. The second-order valence-electron chi connectivity index (χ2n) is 6.48. The van der Waals surface area contributed by atoms with Gasteiger partial charge in [0, 0.05) is 31.9 Å². The van der Waals surface area contributed by atoms with Gasteiger partial charge in [-0.15, -0.1) is 0 Å². The van der Waals surface area contributed by atoms with Crippen LogP contribution in [0.3, 0.4) is 0 Å². The molecule has 0 radical (unpaired) electrons. The predicted octanol–water partition coefficient (Wildman–Crippen LogP) is 2.02. The first-order chi connectivity index (χ1) is 9.46. The van der Waals surface area contributed by atoms with Crippen LogP contribution in [-0.2, 0) is 11.2 Å². The van der Waals surface area contributed by atoms with Gasteiger partial charge in [-0.1, -0.05) is 13.8 Å². The lowest BCUT2D eigenvalue weighted by molar-refractivity contribution is -0.132. The van der Waals surface area contributed by atoms with Gasteiger partial charge in [0.05, 0.1) is 6.10 Å². The molecular weight excluding hydrogens is 252 g/mol. The molecule has 1 aliphatic heterocycles. The third kappa shape index (κ3) is 4.30. The van der Waals surface area contributed by atoms with Crippen LogP contribution in [0.15, 0.2) is 24.5 Å². The van der Waals surface area contributed by atoms with E-state index in [1.54, 1.807) is 12.4 Å². The Morgan fingerprint density at radius 1 is 1.45 bits per heavy atom. The molecular formula is C16H24N2O2. The minimum absolute atomic E-state index is 0.0117. The fraction of sp³-hybridized carbons (Fsp3) is 0.625. The summed E-state index contributed by atoms with van der Waals surface area (Å²) < 4.78 is 0. The number of amides is 1. The minimum Gasteiger partial charge on any atom is -0.393 e. The predicted molar refractivity (Wildman–Crippen MR) is 78.2 cm³/mol. The molecule has 0 bridgehead atoms. The number of likely N-dealkylation sites (tertiary alicyclic amines) is 1. The Morgan fingerprint density at radius 2 is 2.15 bits per heavy atom. The van der Waals surface area contributed by atoms with E-state index in [9.17, 15) is 9.90 Å². The Labute approximate surface area is 120 Å². The van der Waals surface area contributed by atoms with Crippen molar-refractivity contribution in [3.63, 3.8) is 0 Å². The Bertz CT molecular complexity index is 445. The molecule has 4 heteroatoms. The van der Waals surface area contributed by atoms with Crippen LogP contribution >= 0.6 is 0 Å². The van der Waals surface area contributed by atoms with Crippen LogP contribution < -0.4 is 0 Å². The molecule has 1 aromatic heterocycles. The Morgan fingerprint density at radius 3 is 2.85 bits per heavy atom. The fourth-order valence-electron chi connectivity index (χ4n) is 2.88. The molecule has 1 aliphatic rings. The van der Waals surface area contributed by atoms with Crippen LogP contribution in [0.4, 0.5) is 0 Å². The number of carbonyl (C=O) groups is 1. The van der Waals surface area contributed by atoms with E-state index in [1.807, 2.05) is 17.0 Å². The number of nitrogens with zero attached hydrogens (tertiary/aromatic N) is 2. The van der Waals surface area contributed by atoms with Crippen LogP contribution in [0.1, 0.15) is 38.7 Å². The molecule has 0 aromatic carbocycles. The van der Waals surface area contributed by atoms with Gasteiger partial charge in [-0.05, 0) is 42.4 Å². The summed E-state index contributed by atoms with van der Waals surface area (Å²) >= 11 is 0. The molecule has 1 fully saturated rings. The maximum absolute atomic E-state index is 12.3. The van der Waals surface area contributed by atoms with Gasteiger partial charge in [0.2, 0.25) is 5.91 Å². The van der Waals surface area contributed by atoms with Gasteiger partial charge < -0.3 is 10.0 Å². The molecule has 4 nitrogen and oxygen atoms in total. The van der Waals surface area contributed by atoms with Crippen molar-refractivity contribution in [1.29, 1.82) is 0 Å². The second kappa shape index (κ2) is 6.35. The summed E-state index contributed by atoms with van der Waals surface area (Å²) in [5.41, 5.74) is 1.13. The van der Waals surface area contributed by atoms with Gasteiger partial charge in [-0.25, -0.2) is 0 Å². The van der Waals surface area contributed by atoms with E-state index in [0.717, 1.165) is 24.9 Å². The summed E-state index contributed by atoms with van der Waals surface area (Å²) in [5, 5.41) is 9.89. The first-order valence-electron chi connectivity index (χ1n) is 7.31. The summed E-state index contributed by atoms with van der Waals surface area (Å²) in [7, 11) is 0. The number of aliphatic hydroxyl groups excluding tert-OH is 1. The molecule has 110 valence electrons. The van der Waals surface area contributed by atoms with Crippen LogP contribution in [0.2, 0.25) is 0 Å². The number of pyridine rings is 1. The number of hydrogen-bond acceptors (Lipinski definition) is 3. The number of aryl methyl sites for hydroxylation is 1. The van der Waals surface area contributed by atoms with Crippen molar-refractivity contribution in [3.8, 4) is 0 Å². The molecule has 0 aliphatic carbocycles. The average molecular weight is 276 g/mol. The largest absolute Gasteiger partial charge is 0.393 e. The zero-order valence-corrected chi connectivity index (χ0v) is 12.4. The topological polar surface area (TPSA) is 53.4 Å². The summed E-state index contributed by atoms with van der Waals surface area (Å²) in [6.07, 6.45) is 5.95. The molecule has 0 unspecified atom stereocenters.